The normalized spacial score (nSPS) is 15.0. The number of nitrogens with one attached hydrogen (secondary N) is 2. The Morgan fingerprint density at radius 2 is 1.69 bits per heavy atom. The minimum absolute atomic E-state index is 0.170. The molecular weight excluding hydrogens is 378 g/mol. The molecule has 29 heavy (non-hydrogen) atoms. The van der Waals surface area contributed by atoms with E-state index >= 15 is 0 Å². The van der Waals surface area contributed by atoms with Crippen LogP contribution in [0, 0.1) is 11.6 Å². The van der Waals surface area contributed by atoms with Crippen LogP contribution in [0.1, 0.15) is 41.6 Å². The van der Waals surface area contributed by atoms with Crippen molar-refractivity contribution in [3.8, 4) is 5.75 Å². The van der Waals surface area contributed by atoms with Crippen LogP contribution >= 0.6 is 0 Å². The summed E-state index contributed by atoms with van der Waals surface area (Å²) < 4.78 is 32.0. The maximum absolute atomic E-state index is 13.2. The van der Waals surface area contributed by atoms with Gasteiger partial charge in [0, 0.05) is 29.2 Å². The van der Waals surface area contributed by atoms with Gasteiger partial charge < -0.3 is 15.4 Å². The van der Waals surface area contributed by atoms with Crippen molar-refractivity contribution in [2.45, 2.75) is 31.1 Å². The smallest absolute Gasteiger partial charge is 0.251 e. The lowest BCUT2D eigenvalue weighted by Gasteiger charge is -2.31. The van der Waals surface area contributed by atoms with Gasteiger partial charge in [-0.05, 0) is 31.0 Å². The Balaban J connectivity index is 1.60. The van der Waals surface area contributed by atoms with Gasteiger partial charge in [-0.2, -0.15) is 0 Å². The Hall–Kier alpha value is -2.96. The highest BCUT2D eigenvalue weighted by Crippen LogP contribution is 2.44. The summed E-state index contributed by atoms with van der Waals surface area (Å²) in [4.78, 5) is 24.3. The molecule has 2 amide bonds. The van der Waals surface area contributed by atoms with E-state index < -0.39 is 17.5 Å². The molecule has 1 fully saturated rings. The first-order chi connectivity index (χ1) is 13.9. The SMILES string of the molecule is COc1ccccc1C1(CNC(=O)CNC(=O)c2cc(F)cc(F)c2)CCCC1. The van der Waals surface area contributed by atoms with Crippen molar-refractivity contribution in [3.63, 3.8) is 0 Å². The molecule has 1 saturated carbocycles. The number of rotatable bonds is 7. The van der Waals surface area contributed by atoms with Gasteiger partial charge in [-0.1, -0.05) is 31.0 Å². The molecule has 0 aromatic heterocycles. The third kappa shape index (κ3) is 4.91. The lowest BCUT2D eigenvalue weighted by atomic mass is 9.78. The van der Waals surface area contributed by atoms with E-state index in [-0.39, 0.29) is 23.4 Å². The zero-order valence-corrected chi connectivity index (χ0v) is 16.3. The molecule has 0 heterocycles. The van der Waals surface area contributed by atoms with Crippen LogP contribution in [0.2, 0.25) is 0 Å². The number of amides is 2. The van der Waals surface area contributed by atoms with Crippen LogP contribution in [0.15, 0.2) is 42.5 Å². The molecule has 5 nitrogen and oxygen atoms in total. The zero-order chi connectivity index (χ0) is 20.9. The number of methoxy groups -OCH3 is 1. The highest BCUT2D eigenvalue weighted by molar-refractivity contribution is 5.96. The molecule has 0 aliphatic heterocycles. The van der Waals surface area contributed by atoms with E-state index in [1.54, 1.807) is 7.11 Å². The largest absolute Gasteiger partial charge is 0.496 e. The molecule has 154 valence electrons. The fourth-order valence-electron chi connectivity index (χ4n) is 3.95. The minimum atomic E-state index is -0.848. The van der Waals surface area contributed by atoms with Crippen molar-refractivity contribution in [1.82, 2.24) is 10.6 Å². The van der Waals surface area contributed by atoms with Crippen LogP contribution < -0.4 is 15.4 Å². The molecule has 0 radical (unpaired) electrons. The van der Waals surface area contributed by atoms with Gasteiger partial charge in [-0.15, -0.1) is 0 Å². The van der Waals surface area contributed by atoms with Crippen LogP contribution in [0.4, 0.5) is 8.78 Å². The minimum Gasteiger partial charge on any atom is -0.496 e. The number of hydrogen-bond donors (Lipinski definition) is 2. The summed E-state index contributed by atoms with van der Waals surface area (Å²) in [5.74, 6) is -1.97. The molecule has 1 aliphatic carbocycles. The third-order valence-electron chi connectivity index (χ3n) is 5.40. The molecule has 0 spiro atoms. The number of hydrogen-bond acceptors (Lipinski definition) is 3. The molecule has 0 bridgehead atoms. The van der Waals surface area contributed by atoms with Crippen molar-refractivity contribution in [2.75, 3.05) is 20.2 Å². The van der Waals surface area contributed by atoms with E-state index in [1.165, 1.54) is 0 Å². The summed E-state index contributed by atoms with van der Waals surface area (Å²) in [6.45, 7) is 0.148. The van der Waals surface area contributed by atoms with E-state index in [0.29, 0.717) is 12.6 Å². The van der Waals surface area contributed by atoms with Gasteiger partial charge in [0.05, 0.1) is 13.7 Å². The van der Waals surface area contributed by atoms with Gasteiger partial charge in [0.1, 0.15) is 17.4 Å². The van der Waals surface area contributed by atoms with Crippen molar-refractivity contribution < 1.29 is 23.1 Å². The summed E-state index contributed by atoms with van der Waals surface area (Å²) in [5.41, 5.74) is 0.689. The quantitative estimate of drug-likeness (QED) is 0.747. The molecule has 0 saturated heterocycles. The van der Waals surface area contributed by atoms with E-state index in [2.05, 4.69) is 10.6 Å². The lowest BCUT2D eigenvalue weighted by Crippen LogP contribution is -2.43. The molecule has 0 unspecified atom stereocenters. The number of ether oxygens (including phenoxy) is 1. The van der Waals surface area contributed by atoms with Crippen LogP contribution in [0.5, 0.6) is 5.75 Å². The van der Waals surface area contributed by atoms with Crippen LogP contribution in [-0.2, 0) is 10.2 Å². The van der Waals surface area contributed by atoms with Crippen molar-refractivity contribution >= 4 is 11.8 Å². The fraction of sp³-hybridized carbons (Fsp3) is 0.364. The Labute approximate surface area is 168 Å². The number of halogens is 2. The van der Waals surface area contributed by atoms with Crippen LogP contribution in [-0.4, -0.2) is 32.0 Å². The van der Waals surface area contributed by atoms with E-state index in [1.807, 2.05) is 24.3 Å². The highest BCUT2D eigenvalue weighted by atomic mass is 19.1. The van der Waals surface area contributed by atoms with Gasteiger partial charge in [-0.25, -0.2) is 8.78 Å². The van der Waals surface area contributed by atoms with Crippen molar-refractivity contribution in [1.29, 1.82) is 0 Å². The fourth-order valence-corrected chi connectivity index (χ4v) is 3.95. The van der Waals surface area contributed by atoms with Gasteiger partial charge >= 0.3 is 0 Å². The van der Waals surface area contributed by atoms with E-state index in [4.69, 9.17) is 4.74 Å². The third-order valence-corrected chi connectivity index (χ3v) is 5.40. The monoisotopic (exact) mass is 402 g/mol. The lowest BCUT2D eigenvalue weighted by molar-refractivity contribution is -0.120. The van der Waals surface area contributed by atoms with Gasteiger partial charge in [-0.3, -0.25) is 9.59 Å². The second kappa shape index (κ2) is 9.03. The maximum Gasteiger partial charge on any atom is 0.251 e. The van der Waals surface area contributed by atoms with Gasteiger partial charge in [0.25, 0.3) is 5.91 Å². The first kappa shape index (κ1) is 20.8. The van der Waals surface area contributed by atoms with Crippen molar-refractivity contribution in [2.24, 2.45) is 0 Å². The first-order valence-corrected chi connectivity index (χ1v) is 9.58. The standard InChI is InChI=1S/C22H24F2N2O3/c1-29-19-7-3-2-6-18(19)22(8-4-5-9-22)14-26-20(27)13-25-21(28)15-10-16(23)12-17(24)11-15/h2-3,6-7,10-12H,4-5,8-9,13-14H2,1H3,(H,25,28)(H,26,27). The number of carbonyl (C=O) groups excluding carboxylic acids is 2. The average Bonchev–Trinajstić information content (AvgIpc) is 3.19. The first-order valence-electron chi connectivity index (χ1n) is 9.58. The topological polar surface area (TPSA) is 67.4 Å². The summed E-state index contributed by atoms with van der Waals surface area (Å²) in [7, 11) is 1.63. The molecule has 2 aromatic rings. The summed E-state index contributed by atoms with van der Waals surface area (Å²) in [6.07, 6.45) is 4.00. The highest BCUT2D eigenvalue weighted by Gasteiger charge is 2.38. The molecule has 7 heteroatoms. The summed E-state index contributed by atoms with van der Waals surface area (Å²) >= 11 is 0. The number of carbonyl (C=O) groups is 2. The van der Waals surface area contributed by atoms with E-state index in [9.17, 15) is 18.4 Å². The second-order valence-corrected chi connectivity index (χ2v) is 7.31. The Morgan fingerprint density at radius 3 is 2.34 bits per heavy atom. The molecule has 1 aliphatic rings. The predicted molar refractivity (Wildman–Crippen MR) is 105 cm³/mol. The number of para-hydroxylation sites is 1. The zero-order valence-electron chi connectivity index (χ0n) is 16.3. The number of benzene rings is 2. The molecule has 2 aromatic carbocycles. The Morgan fingerprint density at radius 1 is 1.03 bits per heavy atom. The molecule has 3 rings (SSSR count). The Bertz CT molecular complexity index is 875. The Kier molecular flexibility index (Phi) is 6.46. The predicted octanol–water partition coefficient (Wildman–Crippen LogP) is 3.33. The summed E-state index contributed by atoms with van der Waals surface area (Å²) in [5, 5.41) is 5.28. The maximum atomic E-state index is 13.2. The molecule has 2 N–H and O–H groups in total. The summed E-state index contributed by atoms with van der Waals surface area (Å²) in [6, 6.07) is 10.3. The van der Waals surface area contributed by atoms with Crippen LogP contribution in [0.3, 0.4) is 0 Å². The van der Waals surface area contributed by atoms with Gasteiger partial charge in [0.2, 0.25) is 5.91 Å². The van der Waals surface area contributed by atoms with Crippen LogP contribution in [0.25, 0.3) is 0 Å². The molecule has 0 atom stereocenters. The van der Waals surface area contributed by atoms with Crippen molar-refractivity contribution in [3.05, 3.63) is 65.2 Å². The molecular formula is C22H24F2N2O3. The second-order valence-electron chi connectivity index (χ2n) is 7.31. The van der Waals surface area contributed by atoms with Gasteiger partial charge in [0.15, 0.2) is 0 Å². The van der Waals surface area contributed by atoms with E-state index in [0.717, 1.165) is 49.1 Å². The average molecular weight is 402 g/mol.